The van der Waals surface area contributed by atoms with E-state index in [0.717, 1.165) is 16.9 Å². The fraction of sp³-hybridized carbons (Fsp3) is 0.0385. The van der Waals surface area contributed by atoms with Gasteiger partial charge in [0.2, 0.25) is 0 Å². The molecule has 0 unspecified atom stereocenters. The number of benzene rings is 3. The summed E-state index contributed by atoms with van der Waals surface area (Å²) in [6.07, 6.45) is 2.94. The highest BCUT2D eigenvalue weighted by molar-refractivity contribution is 6.07. The number of nitrogens with one attached hydrogen (secondary N) is 2. The van der Waals surface area contributed by atoms with E-state index in [-0.39, 0.29) is 11.3 Å². The molecule has 33 heavy (non-hydrogen) atoms. The molecule has 4 rings (SSSR count). The van der Waals surface area contributed by atoms with Gasteiger partial charge in [0.15, 0.2) is 5.76 Å². The largest absolute Gasteiger partial charge is 0.489 e. The van der Waals surface area contributed by atoms with E-state index < -0.39 is 11.8 Å². The Balaban J connectivity index is 1.33. The summed E-state index contributed by atoms with van der Waals surface area (Å²) in [6.45, 7) is 0.486. The van der Waals surface area contributed by atoms with Crippen LogP contribution >= 0.6 is 0 Å². The van der Waals surface area contributed by atoms with Crippen LogP contribution in [0.3, 0.4) is 0 Å². The zero-order valence-corrected chi connectivity index (χ0v) is 17.6. The fourth-order valence-electron chi connectivity index (χ4n) is 3.00. The summed E-state index contributed by atoms with van der Waals surface area (Å²) in [4.78, 5) is 24.8. The number of rotatable bonds is 8. The third-order valence-corrected chi connectivity index (χ3v) is 4.67. The Bertz CT molecular complexity index is 1230. The van der Waals surface area contributed by atoms with Crippen molar-refractivity contribution < 1.29 is 18.7 Å². The van der Waals surface area contributed by atoms with Gasteiger partial charge in [0.05, 0.1) is 23.7 Å². The van der Waals surface area contributed by atoms with Gasteiger partial charge >= 0.3 is 0 Å². The Morgan fingerprint density at radius 3 is 2.36 bits per heavy atom. The molecule has 0 atom stereocenters. The highest BCUT2D eigenvalue weighted by atomic mass is 16.5. The summed E-state index contributed by atoms with van der Waals surface area (Å²) in [7, 11) is 0. The van der Waals surface area contributed by atoms with Crippen LogP contribution in [-0.4, -0.2) is 18.0 Å². The molecule has 0 spiro atoms. The zero-order chi connectivity index (χ0) is 22.9. The number of hydrogen-bond acceptors (Lipinski definition) is 5. The van der Waals surface area contributed by atoms with Crippen LogP contribution in [0.4, 0.5) is 5.69 Å². The van der Waals surface area contributed by atoms with Gasteiger partial charge in [0.25, 0.3) is 11.8 Å². The standard InChI is InChI=1S/C26H21N3O4/c30-25(22-9-4-5-10-23(22)28-26(31)24-11-6-16-32-24)29-27-17-19-12-14-21(15-13-19)33-18-20-7-2-1-3-8-20/h1-17H,18H2,(H,28,31)(H,29,30). The topological polar surface area (TPSA) is 92.9 Å². The maximum atomic E-state index is 12.6. The lowest BCUT2D eigenvalue weighted by Gasteiger charge is -2.09. The number of nitrogens with zero attached hydrogens (tertiary/aromatic N) is 1. The van der Waals surface area contributed by atoms with E-state index in [1.165, 1.54) is 12.5 Å². The third kappa shape index (κ3) is 5.95. The van der Waals surface area contributed by atoms with Crippen molar-refractivity contribution in [3.63, 3.8) is 0 Å². The lowest BCUT2D eigenvalue weighted by molar-refractivity contribution is 0.0956. The first-order valence-electron chi connectivity index (χ1n) is 10.2. The number of amides is 2. The number of hydrogen-bond donors (Lipinski definition) is 2. The molecule has 0 aliphatic carbocycles. The van der Waals surface area contributed by atoms with Crippen LogP contribution in [0.5, 0.6) is 5.75 Å². The molecule has 1 aromatic heterocycles. The van der Waals surface area contributed by atoms with Gasteiger partial charge in [-0.15, -0.1) is 0 Å². The molecule has 3 aromatic carbocycles. The lowest BCUT2D eigenvalue weighted by atomic mass is 10.1. The quantitative estimate of drug-likeness (QED) is 0.302. The molecule has 0 fully saturated rings. The van der Waals surface area contributed by atoms with Crippen molar-refractivity contribution in [2.45, 2.75) is 6.61 Å². The second-order valence-corrected chi connectivity index (χ2v) is 7.02. The van der Waals surface area contributed by atoms with Gasteiger partial charge in [-0.3, -0.25) is 9.59 Å². The Kier molecular flexibility index (Phi) is 6.92. The molecule has 0 aliphatic rings. The first kappa shape index (κ1) is 21.6. The first-order valence-corrected chi connectivity index (χ1v) is 10.2. The molecule has 2 amide bonds. The Morgan fingerprint density at radius 1 is 0.848 bits per heavy atom. The van der Waals surface area contributed by atoms with Crippen LogP contribution < -0.4 is 15.5 Å². The number of anilines is 1. The highest BCUT2D eigenvalue weighted by Gasteiger charge is 2.15. The smallest absolute Gasteiger partial charge is 0.291 e. The van der Waals surface area contributed by atoms with Crippen molar-refractivity contribution in [3.8, 4) is 5.75 Å². The minimum Gasteiger partial charge on any atom is -0.489 e. The van der Waals surface area contributed by atoms with Gasteiger partial charge in [0, 0.05) is 0 Å². The van der Waals surface area contributed by atoms with Crippen LogP contribution in [0.15, 0.2) is 107 Å². The second kappa shape index (κ2) is 10.6. The highest BCUT2D eigenvalue weighted by Crippen LogP contribution is 2.17. The molecule has 164 valence electrons. The second-order valence-electron chi connectivity index (χ2n) is 7.02. The van der Waals surface area contributed by atoms with E-state index >= 15 is 0 Å². The molecule has 4 aromatic rings. The van der Waals surface area contributed by atoms with Crippen molar-refractivity contribution in [2.24, 2.45) is 5.10 Å². The van der Waals surface area contributed by atoms with Gasteiger partial charge in [-0.05, 0) is 59.7 Å². The number of carbonyl (C=O) groups is 2. The molecular weight excluding hydrogens is 418 g/mol. The van der Waals surface area contributed by atoms with Crippen molar-refractivity contribution in [1.29, 1.82) is 0 Å². The third-order valence-electron chi connectivity index (χ3n) is 4.67. The predicted molar refractivity (Wildman–Crippen MR) is 125 cm³/mol. The number of ether oxygens (including phenoxy) is 1. The molecule has 1 heterocycles. The SMILES string of the molecule is O=C(Nc1ccccc1C(=O)NN=Cc1ccc(OCc2ccccc2)cc1)c1ccco1. The van der Waals surface area contributed by atoms with Gasteiger partial charge in [0.1, 0.15) is 12.4 Å². The zero-order valence-electron chi connectivity index (χ0n) is 17.6. The summed E-state index contributed by atoms with van der Waals surface area (Å²) in [6, 6.07) is 27.1. The normalized spacial score (nSPS) is 10.7. The number of furan rings is 1. The molecular formula is C26H21N3O4. The van der Waals surface area contributed by atoms with Crippen molar-refractivity contribution in [3.05, 3.63) is 120 Å². The average molecular weight is 439 g/mol. The van der Waals surface area contributed by atoms with Crippen LogP contribution in [0.2, 0.25) is 0 Å². The summed E-state index contributed by atoms with van der Waals surface area (Å²) in [5.74, 6) is -0.0107. The molecule has 0 saturated heterocycles. The molecule has 7 heteroatoms. The number of hydrazone groups is 1. The van der Waals surface area contributed by atoms with Crippen LogP contribution in [-0.2, 0) is 6.61 Å². The van der Waals surface area contributed by atoms with Crippen molar-refractivity contribution in [1.82, 2.24) is 5.43 Å². The predicted octanol–water partition coefficient (Wildman–Crippen LogP) is 4.87. The van der Waals surface area contributed by atoms with E-state index in [9.17, 15) is 9.59 Å². The molecule has 0 bridgehead atoms. The van der Waals surface area contributed by atoms with Gasteiger partial charge in [-0.2, -0.15) is 5.10 Å². The Morgan fingerprint density at radius 2 is 1.61 bits per heavy atom. The van der Waals surface area contributed by atoms with E-state index in [2.05, 4.69) is 15.8 Å². The summed E-state index contributed by atoms with van der Waals surface area (Å²) in [5.41, 5.74) is 4.99. The van der Waals surface area contributed by atoms with E-state index in [1.54, 1.807) is 36.4 Å². The van der Waals surface area contributed by atoms with Gasteiger partial charge < -0.3 is 14.5 Å². The summed E-state index contributed by atoms with van der Waals surface area (Å²) < 4.78 is 10.8. The molecule has 7 nitrogen and oxygen atoms in total. The Labute approximate surface area is 190 Å². The van der Waals surface area contributed by atoms with Crippen molar-refractivity contribution in [2.75, 3.05) is 5.32 Å². The van der Waals surface area contributed by atoms with Crippen LogP contribution in [0.1, 0.15) is 32.0 Å². The van der Waals surface area contributed by atoms with Crippen LogP contribution in [0, 0.1) is 0 Å². The van der Waals surface area contributed by atoms with E-state index in [1.807, 2.05) is 54.6 Å². The monoisotopic (exact) mass is 439 g/mol. The summed E-state index contributed by atoms with van der Waals surface area (Å²) >= 11 is 0. The molecule has 2 N–H and O–H groups in total. The van der Waals surface area contributed by atoms with Gasteiger partial charge in [-0.1, -0.05) is 42.5 Å². The molecule has 0 aliphatic heterocycles. The van der Waals surface area contributed by atoms with E-state index in [0.29, 0.717) is 12.3 Å². The lowest BCUT2D eigenvalue weighted by Crippen LogP contribution is -2.21. The fourth-order valence-corrected chi connectivity index (χ4v) is 3.00. The van der Waals surface area contributed by atoms with Crippen LogP contribution in [0.25, 0.3) is 0 Å². The molecule has 0 radical (unpaired) electrons. The van der Waals surface area contributed by atoms with Crippen molar-refractivity contribution >= 4 is 23.7 Å². The number of carbonyl (C=O) groups excluding carboxylic acids is 2. The Hall–Kier alpha value is -4.65. The first-order chi connectivity index (χ1) is 16.2. The number of para-hydroxylation sites is 1. The summed E-state index contributed by atoms with van der Waals surface area (Å²) in [5, 5.41) is 6.69. The minimum atomic E-state index is -0.454. The average Bonchev–Trinajstić information content (AvgIpc) is 3.40. The molecule has 0 saturated carbocycles. The minimum absolute atomic E-state index is 0.152. The van der Waals surface area contributed by atoms with E-state index in [4.69, 9.17) is 9.15 Å². The maximum absolute atomic E-state index is 12.6. The van der Waals surface area contributed by atoms with Gasteiger partial charge in [-0.25, -0.2) is 5.43 Å². The maximum Gasteiger partial charge on any atom is 0.291 e.